The van der Waals surface area contributed by atoms with Crippen LogP contribution in [0.3, 0.4) is 0 Å². The Morgan fingerprint density at radius 1 is 1.32 bits per heavy atom. The second-order valence-electron chi connectivity index (χ2n) is 4.77. The fraction of sp³-hybridized carbons (Fsp3) is 0.571. The molecule has 0 radical (unpaired) electrons. The smallest absolute Gasteiger partial charge is 0.0820 e. The van der Waals surface area contributed by atoms with Gasteiger partial charge in [-0.05, 0) is 44.4 Å². The number of halogens is 2. The average molecular weight is 305 g/mol. The number of hydrazine groups is 1. The van der Waals surface area contributed by atoms with Gasteiger partial charge in [-0.15, -0.1) is 0 Å². The first-order valence-corrected chi connectivity index (χ1v) is 7.26. The second-order valence-corrected chi connectivity index (χ2v) is 5.59. The van der Waals surface area contributed by atoms with Crippen LogP contribution in [0.4, 0.5) is 0 Å². The van der Waals surface area contributed by atoms with Crippen molar-refractivity contribution in [3.05, 3.63) is 33.8 Å². The Kier molecular flexibility index (Phi) is 6.57. The molecule has 0 saturated carbocycles. The van der Waals surface area contributed by atoms with E-state index in [1.54, 1.807) is 6.07 Å². The number of benzene rings is 1. The lowest BCUT2D eigenvalue weighted by Gasteiger charge is -2.36. The van der Waals surface area contributed by atoms with Crippen molar-refractivity contribution < 1.29 is 4.74 Å². The van der Waals surface area contributed by atoms with Crippen LogP contribution in [0.1, 0.15) is 32.8 Å². The fourth-order valence-electron chi connectivity index (χ4n) is 2.13. The number of rotatable bonds is 7. The van der Waals surface area contributed by atoms with Crippen molar-refractivity contribution in [3.8, 4) is 0 Å². The number of ether oxygens (including phenoxy) is 1. The second kappa shape index (κ2) is 7.46. The first kappa shape index (κ1) is 16.7. The molecule has 0 amide bonds. The third-order valence-corrected chi connectivity index (χ3v) is 4.28. The molecule has 3 N–H and O–H groups in total. The highest BCUT2D eigenvalue weighted by Gasteiger charge is 2.32. The molecule has 0 bridgehead atoms. The molecule has 1 rings (SSSR count). The van der Waals surface area contributed by atoms with Crippen LogP contribution in [0.15, 0.2) is 18.2 Å². The largest absolute Gasteiger partial charge is 0.374 e. The van der Waals surface area contributed by atoms with E-state index in [0.29, 0.717) is 16.7 Å². The third-order valence-electron chi connectivity index (χ3n) is 3.54. The number of nitrogens with one attached hydrogen (secondary N) is 1. The molecule has 1 aromatic rings. The molecule has 0 heterocycles. The zero-order valence-electron chi connectivity index (χ0n) is 11.7. The predicted octanol–water partition coefficient (Wildman–Crippen LogP) is 3.57. The molecular weight excluding hydrogens is 283 g/mol. The van der Waals surface area contributed by atoms with Gasteiger partial charge in [0, 0.05) is 6.61 Å². The summed E-state index contributed by atoms with van der Waals surface area (Å²) in [4.78, 5) is 0. The Labute approximate surface area is 125 Å². The number of hydrogen-bond donors (Lipinski definition) is 2. The quantitative estimate of drug-likeness (QED) is 0.598. The van der Waals surface area contributed by atoms with E-state index in [-0.39, 0.29) is 11.6 Å². The molecule has 19 heavy (non-hydrogen) atoms. The van der Waals surface area contributed by atoms with Crippen molar-refractivity contribution in [2.75, 3.05) is 6.61 Å². The van der Waals surface area contributed by atoms with Crippen molar-refractivity contribution in [3.63, 3.8) is 0 Å². The Morgan fingerprint density at radius 3 is 2.47 bits per heavy atom. The van der Waals surface area contributed by atoms with Crippen LogP contribution >= 0.6 is 23.2 Å². The highest BCUT2D eigenvalue weighted by atomic mass is 35.5. The van der Waals surface area contributed by atoms with Crippen LogP contribution in [0.25, 0.3) is 0 Å². The topological polar surface area (TPSA) is 47.3 Å². The van der Waals surface area contributed by atoms with Gasteiger partial charge in [-0.25, -0.2) is 0 Å². The van der Waals surface area contributed by atoms with E-state index in [1.165, 1.54) is 0 Å². The summed E-state index contributed by atoms with van der Waals surface area (Å²) in [7, 11) is 0. The summed E-state index contributed by atoms with van der Waals surface area (Å²) in [6, 6.07) is 5.64. The van der Waals surface area contributed by atoms with E-state index in [2.05, 4.69) is 19.3 Å². The summed E-state index contributed by atoms with van der Waals surface area (Å²) in [6.07, 6.45) is 1.61. The molecule has 0 spiro atoms. The molecule has 5 heteroatoms. The highest BCUT2D eigenvalue weighted by molar-refractivity contribution is 6.42. The minimum Gasteiger partial charge on any atom is -0.374 e. The normalized spacial score (nSPS) is 16.1. The maximum atomic E-state index is 6.03. The average Bonchev–Trinajstić information content (AvgIpc) is 2.40. The minimum atomic E-state index is -0.310. The van der Waals surface area contributed by atoms with Gasteiger partial charge in [-0.2, -0.15) is 0 Å². The van der Waals surface area contributed by atoms with Gasteiger partial charge in [-0.3, -0.25) is 11.3 Å². The zero-order chi connectivity index (χ0) is 14.5. The van der Waals surface area contributed by atoms with Crippen molar-refractivity contribution in [2.45, 2.75) is 45.3 Å². The van der Waals surface area contributed by atoms with Gasteiger partial charge in [0.2, 0.25) is 0 Å². The van der Waals surface area contributed by atoms with Gasteiger partial charge in [0.15, 0.2) is 0 Å². The summed E-state index contributed by atoms with van der Waals surface area (Å²) in [5.41, 5.74) is 3.63. The van der Waals surface area contributed by atoms with E-state index < -0.39 is 0 Å². The summed E-state index contributed by atoms with van der Waals surface area (Å²) in [5, 5.41) is 1.12. The summed E-state index contributed by atoms with van der Waals surface area (Å²) in [6.45, 7) is 6.80. The van der Waals surface area contributed by atoms with Crippen LogP contribution in [0, 0.1) is 0 Å². The predicted molar refractivity (Wildman–Crippen MR) is 81.6 cm³/mol. The first-order valence-electron chi connectivity index (χ1n) is 6.50. The maximum absolute atomic E-state index is 6.03. The van der Waals surface area contributed by atoms with Crippen molar-refractivity contribution >= 4 is 23.2 Å². The van der Waals surface area contributed by atoms with E-state index in [9.17, 15) is 0 Å². The zero-order valence-corrected chi connectivity index (χ0v) is 13.2. The molecular formula is C14H22Cl2N2O. The van der Waals surface area contributed by atoms with E-state index >= 15 is 0 Å². The molecule has 0 fully saturated rings. The Bertz CT molecular complexity index is 414. The lowest BCUT2D eigenvalue weighted by atomic mass is 9.88. The highest BCUT2D eigenvalue weighted by Crippen LogP contribution is 2.26. The monoisotopic (exact) mass is 304 g/mol. The van der Waals surface area contributed by atoms with E-state index in [1.807, 2.05) is 19.1 Å². The summed E-state index contributed by atoms with van der Waals surface area (Å²) >= 11 is 12.0. The SMILES string of the molecule is CCOC(C)(CC)C(Cc1ccc(Cl)c(Cl)c1)NN. The van der Waals surface area contributed by atoms with Crippen LogP contribution in [-0.2, 0) is 11.2 Å². The van der Waals surface area contributed by atoms with Gasteiger partial charge >= 0.3 is 0 Å². The third kappa shape index (κ3) is 4.33. The molecule has 1 aromatic carbocycles. The molecule has 2 unspecified atom stereocenters. The molecule has 0 aliphatic rings. The minimum absolute atomic E-state index is 0.00897. The van der Waals surface area contributed by atoms with E-state index in [4.69, 9.17) is 33.8 Å². The van der Waals surface area contributed by atoms with Crippen molar-refractivity contribution in [1.29, 1.82) is 0 Å². The Balaban J connectivity index is 2.88. The Hall–Kier alpha value is -0.320. The van der Waals surface area contributed by atoms with Gasteiger partial charge < -0.3 is 4.74 Å². The maximum Gasteiger partial charge on any atom is 0.0820 e. The van der Waals surface area contributed by atoms with Crippen molar-refractivity contribution in [2.24, 2.45) is 5.84 Å². The van der Waals surface area contributed by atoms with Crippen LogP contribution in [0.2, 0.25) is 10.0 Å². The number of nitrogens with two attached hydrogens (primary N) is 1. The standard InChI is InChI=1S/C14H22Cl2N2O/c1-4-14(3,19-5-2)13(18-17)9-10-6-7-11(15)12(16)8-10/h6-8,13,18H,4-5,9,17H2,1-3H3. The van der Waals surface area contributed by atoms with Gasteiger partial charge in [0.1, 0.15) is 0 Å². The molecule has 0 saturated heterocycles. The van der Waals surface area contributed by atoms with Crippen LogP contribution < -0.4 is 11.3 Å². The summed E-state index contributed by atoms with van der Waals surface area (Å²) in [5.74, 6) is 5.69. The Morgan fingerprint density at radius 2 is 2.00 bits per heavy atom. The molecule has 3 nitrogen and oxygen atoms in total. The van der Waals surface area contributed by atoms with Gasteiger partial charge in [-0.1, -0.05) is 36.2 Å². The lowest BCUT2D eigenvalue weighted by Crippen LogP contribution is -2.54. The summed E-state index contributed by atoms with van der Waals surface area (Å²) < 4.78 is 5.86. The first-order chi connectivity index (χ1) is 8.96. The van der Waals surface area contributed by atoms with Crippen LogP contribution in [-0.4, -0.2) is 18.2 Å². The van der Waals surface area contributed by atoms with Gasteiger partial charge in [0.05, 0.1) is 21.7 Å². The number of hydrogen-bond acceptors (Lipinski definition) is 3. The molecule has 0 aromatic heterocycles. The fourth-order valence-corrected chi connectivity index (χ4v) is 2.45. The van der Waals surface area contributed by atoms with E-state index in [0.717, 1.165) is 18.4 Å². The van der Waals surface area contributed by atoms with Crippen molar-refractivity contribution in [1.82, 2.24) is 5.43 Å². The lowest BCUT2D eigenvalue weighted by molar-refractivity contribution is -0.0550. The van der Waals surface area contributed by atoms with Gasteiger partial charge in [0.25, 0.3) is 0 Å². The molecule has 2 atom stereocenters. The molecule has 0 aliphatic heterocycles. The van der Waals surface area contributed by atoms with Crippen LogP contribution in [0.5, 0.6) is 0 Å². The molecule has 0 aliphatic carbocycles. The molecule has 108 valence electrons.